The Kier molecular flexibility index (Phi) is 5.58. The molecule has 1 aliphatic rings. The van der Waals surface area contributed by atoms with Gasteiger partial charge in [-0.25, -0.2) is 0 Å². The number of anilines is 2. The Labute approximate surface area is 156 Å². The molecule has 3 rings (SSSR count). The van der Waals surface area contributed by atoms with E-state index >= 15 is 0 Å². The predicted octanol–water partition coefficient (Wildman–Crippen LogP) is 2.51. The summed E-state index contributed by atoms with van der Waals surface area (Å²) in [6.07, 6.45) is 0.196. The van der Waals surface area contributed by atoms with E-state index in [2.05, 4.69) is 10.6 Å². The molecule has 0 atom stereocenters. The fourth-order valence-corrected chi connectivity index (χ4v) is 3.62. The highest BCUT2D eigenvalue weighted by molar-refractivity contribution is 8.00. The molecule has 0 aromatic heterocycles. The monoisotopic (exact) mass is 369 g/mol. The Morgan fingerprint density at radius 1 is 1.12 bits per heavy atom. The van der Waals surface area contributed by atoms with Crippen molar-refractivity contribution >= 4 is 40.9 Å². The third kappa shape index (κ3) is 4.05. The molecule has 2 aromatic rings. The first-order valence-electron chi connectivity index (χ1n) is 8.22. The Bertz CT molecular complexity index is 836. The summed E-state index contributed by atoms with van der Waals surface area (Å²) in [5, 5.41) is 5.34. The fraction of sp³-hybridized carbons (Fsp3) is 0.211. The molecule has 26 heavy (non-hydrogen) atoms. The van der Waals surface area contributed by atoms with E-state index in [0.717, 1.165) is 10.6 Å². The lowest BCUT2D eigenvalue weighted by atomic mass is 10.2. The summed E-state index contributed by atoms with van der Waals surface area (Å²) in [7, 11) is 1.57. The molecule has 0 saturated carbocycles. The number of carbonyl (C=O) groups is 3. The van der Waals surface area contributed by atoms with E-state index in [9.17, 15) is 14.4 Å². The molecule has 0 bridgehead atoms. The highest BCUT2D eigenvalue weighted by Crippen LogP contribution is 2.34. The molecule has 0 spiro atoms. The van der Waals surface area contributed by atoms with Crippen LogP contribution in [0.25, 0.3) is 0 Å². The van der Waals surface area contributed by atoms with Gasteiger partial charge in [-0.1, -0.05) is 12.1 Å². The van der Waals surface area contributed by atoms with Gasteiger partial charge in [0.1, 0.15) is 0 Å². The number of hydrogen-bond donors (Lipinski definition) is 2. The van der Waals surface area contributed by atoms with Gasteiger partial charge in [-0.05, 0) is 36.4 Å². The largest absolute Gasteiger partial charge is 0.355 e. The van der Waals surface area contributed by atoms with Crippen LogP contribution in [0.5, 0.6) is 0 Å². The lowest BCUT2D eigenvalue weighted by Gasteiger charge is -2.28. The van der Waals surface area contributed by atoms with Gasteiger partial charge in [0, 0.05) is 36.2 Å². The Morgan fingerprint density at radius 2 is 1.85 bits per heavy atom. The second-order valence-electron chi connectivity index (χ2n) is 5.76. The van der Waals surface area contributed by atoms with Crippen LogP contribution in [0.15, 0.2) is 53.4 Å². The second kappa shape index (κ2) is 8.05. The average molecular weight is 369 g/mol. The summed E-state index contributed by atoms with van der Waals surface area (Å²) < 4.78 is 0. The Balaban J connectivity index is 1.59. The zero-order valence-corrected chi connectivity index (χ0v) is 15.1. The number of thioether (sulfide) groups is 1. The fourth-order valence-electron chi connectivity index (χ4n) is 2.69. The number of fused-ring (bicyclic) bond motifs is 1. The maximum absolute atomic E-state index is 12.2. The minimum absolute atomic E-state index is 0.0106. The zero-order chi connectivity index (χ0) is 18.5. The van der Waals surface area contributed by atoms with E-state index < -0.39 is 0 Å². The molecule has 0 radical (unpaired) electrons. The maximum atomic E-state index is 12.2. The SMILES string of the molecule is CNC(=O)c1ccc(NC(=O)CCN2C(=O)CSc3ccccc32)cc1. The van der Waals surface area contributed by atoms with Crippen LogP contribution in [0.4, 0.5) is 11.4 Å². The molecule has 7 heteroatoms. The molecule has 134 valence electrons. The van der Waals surface area contributed by atoms with Gasteiger partial charge in [-0.2, -0.15) is 0 Å². The number of para-hydroxylation sites is 1. The van der Waals surface area contributed by atoms with Crippen LogP contribution in [-0.2, 0) is 9.59 Å². The average Bonchev–Trinajstić information content (AvgIpc) is 2.67. The minimum Gasteiger partial charge on any atom is -0.355 e. The summed E-state index contributed by atoms with van der Waals surface area (Å²) in [5.41, 5.74) is 2.00. The van der Waals surface area contributed by atoms with E-state index in [1.165, 1.54) is 11.8 Å². The summed E-state index contributed by atoms with van der Waals surface area (Å²) >= 11 is 1.52. The van der Waals surface area contributed by atoms with E-state index in [1.54, 1.807) is 36.2 Å². The first-order chi connectivity index (χ1) is 12.6. The third-order valence-electron chi connectivity index (χ3n) is 4.03. The van der Waals surface area contributed by atoms with Crippen molar-refractivity contribution in [1.29, 1.82) is 0 Å². The molecule has 1 aliphatic heterocycles. The lowest BCUT2D eigenvalue weighted by molar-refractivity contribution is -0.117. The van der Waals surface area contributed by atoms with Gasteiger partial charge in [0.15, 0.2) is 0 Å². The van der Waals surface area contributed by atoms with Gasteiger partial charge in [-0.3, -0.25) is 14.4 Å². The van der Waals surface area contributed by atoms with Crippen molar-refractivity contribution in [3.8, 4) is 0 Å². The zero-order valence-electron chi connectivity index (χ0n) is 14.3. The molecule has 2 N–H and O–H groups in total. The molecular weight excluding hydrogens is 350 g/mol. The number of nitrogens with zero attached hydrogens (tertiary/aromatic N) is 1. The van der Waals surface area contributed by atoms with Gasteiger partial charge in [-0.15, -0.1) is 11.8 Å². The van der Waals surface area contributed by atoms with Crippen LogP contribution < -0.4 is 15.5 Å². The highest BCUT2D eigenvalue weighted by atomic mass is 32.2. The van der Waals surface area contributed by atoms with E-state index in [0.29, 0.717) is 23.5 Å². The molecule has 0 unspecified atom stereocenters. The van der Waals surface area contributed by atoms with Gasteiger partial charge in [0.25, 0.3) is 5.91 Å². The first kappa shape index (κ1) is 18.0. The molecule has 6 nitrogen and oxygen atoms in total. The molecule has 2 aromatic carbocycles. The summed E-state index contributed by atoms with van der Waals surface area (Å²) in [5.74, 6) is 0.0419. The number of hydrogen-bond acceptors (Lipinski definition) is 4. The Hall–Kier alpha value is -2.80. The molecule has 0 saturated heterocycles. The first-order valence-corrected chi connectivity index (χ1v) is 9.21. The van der Waals surface area contributed by atoms with E-state index in [-0.39, 0.29) is 24.1 Å². The summed E-state index contributed by atoms with van der Waals surface area (Å²) in [6.45, 7) is 0.332. The highest BCUT2D eigenvalue weighted by Gasteiger charge is 2.24. The number of rotatable bonds is 5. The normalized spacial score (nSPS) is 13.1. The standard InChI is InChI=1S/C19H19N3O3S/c1-20-19(25)13-6-8-14(9-7-13)21-17(23)10-11-22-15-4-2-3-5-16(15)26-12-18(22)24/h2-9H,10-12H2,1H3,(H,20,25)(H,21,23). The summed E-state index contributed by atoms with van der Waals surface area (Å²) in [4.78, 5) is 38.6. The third-order valence-corrected chi connectivity index (χ3v) is 5.08. The molecule has 0 fully saturated rings. The smallest absolute Gasteiger partial charge is 0.251 e. The van der Waals surface area contributed by atoms with Crippen LogP contribution in [0.1, 0.15) is 16.8 Å². The molecule has 1 heterocycles. The second-order valence-corrected chi connectivity index (χ2v) is 6.77. The minimum atomic E-state index is -0.179. The molecule has 0 aliphatic carbocycles. The van der Waals surface area contributed by atoms with Crippen LogP contribution in [-0.4, -0.2) is 37.1 Å². The van der Waals surface area contributed by atoms with Gasteiger partial charge < -0.3 is 15.5 Å². The lowest BCUT2D eigenvalue weighted by Crippen LogP contribution is -2.37. The number of carbonyl (C=O) groups excluding carboxylic acids is 3. The van der Waals surface area contributed by atoms with Crippen molar-refractivity contribution in [1.82, 2.24) is 5.32 Å². The summed E-state index contributed by atoms with van der Waals surface area (Å²) in [6, 6.07) is 14.4. The van der Waals surface area contributed by atoms with Gasteiger partial charge in [0.05, 0.1) is 11.4 Å². The van der Waals surface area contributed by atoms with Crippen LogP contribution >= 0.6 is 11.8 Å². The van der Waals surface area contributed by atoms with Crippen LogP contribution in [0.3, 0.4) is 0 Å². The van der Waals surface area contributed by atoms with Crippen molar-refractivity contribution in [2.75, 3.05) is 29.6 Å². The topological polar surface area (TPSA) is 78.5 Å². The van der Waals surface area contributed by atoms with E-state index in [4.69, 9.17) is 0 Å². The van der Waals surface area contributed by atoms with Crippen molar-refractivity contribution in [2.24, 2.45) is 0 Å². The Morgan fingerprint density at radius 3 is 2.58 bits per heavy atom. The van der Waals surface area contributed by atoms with E-state index in [1.807, 2.05) is 24.3 Å². The molecule has 3 amide bonds. The number of nitrogens with one attached hydrogen (secondary N) is 2. The van der Waals surface area contributed by atoms with Crippen molar-refractivity contribution in [3.63, 3.8) is 0 Å². The van der Waals surface area contributed by atoms with Crippen LogP contribution in [0, 0.1) is 0 Å². The maximum Gasteiger partial charge on any atom is 0.251 e. The predicted molar refractivity (Wildman–Crippen MR) is 103 cm³/mol. The van der Waals surface area contributed by atoms with Crippen molar-refractivity contribution in [3.05, 3.63) is 54.1 Å². The van der Waals surface area contributed by atoms with Gasteiger partial charge >= 0.3 is 0 Å². The number of amides is 3. The quantitative estimate of drug-likeness (QED) is 0.849. The van der Waals surface area contributed by atoms with Crippen molar-refractivity contribution in [2.45, 2.75) is 11.3 Å². The van der Waals surface area contributed by atoms with Crippen molar-refractivity contribution < 1.29 is 14.4 Å². The van der Waals surface area contributed by atoms with Crippen LogP contribution in [0.2, 0.25) is 0 Å². The van der Waals surface area contributed by atoms with Gasteiger partial charge in [0.2, 0.25) is 11.8 Å². The number of benzene rings is 2. The molecular formula is C19H19N3O3S.